The van der Waals surface area contributed by atoms with Crippen LogP contribution in [0.2, 0.25) is 0 Å². The van der Waals surface area contributed by atoms with E-state index in [1.165, 1.54) is 11.6 Å². The van der Waals surface area contributed by atoms with Crippen LogP contribution in [0, 0.1) is 12.7 Å². The fourth-order valence-corrected chi connectivity index (χ4v) is 3.00. The van der Waals surface area contributed by atoms with E-state index < -0.39 is 5.54 Å². The summed E-state index contributed by atoms with van der Waals surface area (Å²) >= 11 is 0. The number of hydrogen-bond donors (Lipinski definition) is 1. The molecule has 1 atom stereocenters. The molecule has 0 fully saturated rings. The molecule has 1 unspecified atom stereocenters. The molecule has 104 valence electrons. The van der Waals surface area contributed by atoms with Gasteiger partial charge < -0.3 is 10.5 Å². The summed E-state index contributed by atoms with van der Waals surface area (Å²) in [7, 11) is 1.65. The number of aryl methyl sites for hydroxylation is 2. The summed E-state index contributed by atoms with van der Waals surface area (Å²) in [5.74, 6) is 0.612. The van der Waals surface area contributed by atoms with Crippen molar-refractivity contribution in [2.75, 3.05) is 7.11 Å². The highest BCUT2D eigenvalue weighted by Gasteiger charge is 2.37. The minimum absolute atomic E-state index is 0.193. The molecule has 2 nitrogen and oxygen atoms in total. The maximum absolute atomic E-state index is 13.5. The molecule has 0 saturated heterocycles. The van der Waals surface area contributed by atoms with Gasteiger partial charge >= 0.3 is 0 Å². The first-order valence-electron chi connectivity index (χ1n) is 6.77. The number of halogens is 1. The van der Waals surface area contributed by atoms with Crippen LogP contribution in [0.25, 0.3) is 0 Å². The molecule has 2 aromatic carbocycles. The quantitative estimate of drug-likeness (QED) is 0.909. The van der Waals surface area contributed by atoms with Crippen molar-refractivity contribution in [1.82, 2.24) is 0 Å². The van der Waals surface area contributed by atoms with E-state index in [-0.39, 0.29) is 5.82 Å². The highest BCUT2D eigenvalue weighted by molar-refractivity contribution is 5.50. The second kappa shape index (κ2) is 4.60. The van der Waals surface area contributed by atoms with Crippen LogP contribution in [0.15, 0.2) is 36.4 Å². The first kappa shape index (κ1) is 13.1. The summed E-state index contributed by atoms with van der Waals surface area (Å²) in [4.78, 5) is 0. The van der Waals surface area contributed by atoms with Crippen molar-refractivity contribution in [3.8, 4) is 5.75 Å². The zero-order chi connectivity index (χ0) is 14.3. The number of methoxy groups -OCH3 is 1. The monoisotopic (exact) mass is 271 g/mol. The predicted molar refractivity (Wildman–Crippen MR) is 77.4 cm³/mol. The van der Waals surface area contributed by atoms with Crippen LogP contribution in [0.5, 0.6) is 5.75 Å². The van der Waals surface area contributed by atoms with Gasteiger partial charge in [-0.1, -0.05) is 18.2 Å². The van der Waals surface area contributed by atoms with E-state index in [1.807, 2.05) is 18.2 Å². The Morgan fingerprint density at radius 3 is 2.70 bits per heavy atom. The second-order valence-corrected chi connectivity index (χ2v) is 5.46. The SMILES string of the molecule is COc1ccc2c(c1)C(N)(c1ccc(F)c(C)c1)CC2. The van der Waals surface area contributed by atoms with E-state index in [2.05, 4.69) is 6.07 Å². The van der Waals surface area contributed by atoms with Gasteiger partial charge in [0.25, 0.3) is 0 Å². The van der Waals surface area contributed by atoms with E-state index in [0.717, 1.165) is 29.7 Å². The van der Waals surface area contributed by atoms with Gasteiger partial charge in [-0.05, 0) is 60.2 Å². The second-order valence-electron chi connectivity index (χ2n) is 5.46. The van der Waals surface area contributed by atoms with Gasteiger partial charge in [-0.15, -0.1) is 0 Å². The fourth-order valence-electron chi connectivity index (χ4n) is 3.00. The lowest BCUT2D eigenvalue weighted by Gasteiger charge is -2.27. The maximum atomic E-state index is 13.5. The first-order valence-corrected chi connectivity index (χ1v) is 6.77. The zero-order valence-corrected chi connectivity index (χ0v) is 11.7. The highest BCUT2D eigenvalue weighted by Crippen LogP contribution is 2.41. The minimum Gasteiger partial charge on any atom is -0.497 e. The number of rotatable bonds is 2. The molecule has 0 aromatic heterocycles. The number of fused-ring (bicyclic) bond motifs is 1. The molecule has 0 spiro atoms. The average molecular weight is 271 g/mol. The van der Waals surface area contributed by atoms with Gasteiger partial charge in [-0.25, -0.2) is 4.39 Å². The summed E-state index contributed by atoms with van der Waals surface area (Å²) in [5.41, 5.74) is 10.0. The number of benzene rings is 2. The van der Waals surface area contributed by atoms with Gasteiger partial charge in [0.2, 0.25) is 0 Å². The van der Waals surface area contributed by atoms with Crippen LogP contribution in [0.4, 0.5) is 4.39 Å². The Bertz CT molecular complexity index is 668. The van der Waals surface area contributed by atoms with Gasteiger partial charge in [0.15, 0.2) is 0 Å². The van der Waals surface area contributed by atoms with Gasteiger partial charge in [-0.3, -0.25) is 0 Å². The largest absolute Gasteiger partial charge is 0.497 e. The third-order valence-corrected chi connectivity index (χ3v) is 4.26. The Hall–Kier alpha value is -1.87. The van der Waals surface area contributed by atoms with E-state index in [9.17, 15) is 4.39 Å². The number of nitrogens with two attached hydrogens (primary N) is 1. The van der Waals surface area contributed by atoms with E-state index in [1.54, 1.807) is 20.1 Å². The molecule has 1 aliphatic rings. The molecule has 3 heteroatoms. The van der Waals surface area contributed by atoms with Gasteiger partial charge in [-0.2, -0.15) is 0 Å². The molecule has 0 heterocycles. The fraction of sp³-hybridized carbons (Fsp3) is 0.294. The normalized spacial score (nSPS) is 20.8. The van der Waals surface area contributed by atoms with Crippen LogP contribution < -0.4 is 10.5 Å². The number of ether oxygens (including phenoxy) is 1. The lowest BCUT2D eigenvalue weighted by atomic mass is 9.84. The molecule has 0 bridgehead atoms. The summed E-state index contributed by atoms with van der Waals surface area (Å²) in [6, 6.07) is 11.2. The van der Waals surface area contributed by atoms with Gasteiger partial charge in [0.05, 0.1) is 12.6 Å². The number of hydrogen-bond acceptors (Lipinski definition) is 2. The van der Waals surface area contributed by atoms with Crippen LogP contribution in [-0.2, 0) is 12.0 Å². The average Bonchev–Trinajstić information content (AvgIpc) is 2.80. The van der Waals surface area contributed by atoms with Crippen molar-refractivity contribution < 1.29 is 9.13 Å². The van der Waals surface area contributed by atoms with Crippen molar-refractivity contribution in [3.63, 3.8) is 0 Å². The van der Waals surface area contributed by atoms with Crippen LogP contribution in [0.1, 0.15) is 28.7 Å². The Morgan fingerprint density at radius 1 is 1.20 bits per heavy atom. The lowest BCUT2D eigenvalue weighted by Crippen LogP contribution is -2.35. The Balaban J connectivity index is 2.13. The molecular formula is C17H18FNO. The molecule has 0 amide bonds. The first-order chi connectivity index (χ1) is 9.54. The van der Waals surface area contributed by atoms with Gasteiger partial charge in [0.1, 0.15) is 11.6 Å². The Kier molecular flexibility index (Phi) is 3.02. The smallest absolute Gasteiger partial charge is 0.126 e. The molecule has 20 heavy (non-hydrogen) atoms. The summed E-state index contributed by atoms with van der Waals surface area (Å²) in [6.07, 6.45) is 1.77. The van der Waals surface area contributed by atoms with Crippen LogP contribution in [-0.4, -0.2) is 7.11 Å². The molecule has 1 aliphatic carbocycles. The van der Waals surface area contributed by atoms with Crippen molar-refractivity contribution in [1.29, 1.82) is 0 Å². The highest BCUT2D eigenvalue weighted by atomic mass is 19.1. The van der Waals surface area contributed by atoms with E-state index in [4.69, 9.17) is 10.5 Å². The van der Waals surface area contributed by atoms with Crippen molar-refractivity contribution >= 4 is 0 Å². The van der Waals surface area contributed by atoms with E-state index in [0.29, 0.717) is 5.56 Å². The predicted octanol–water partition coefficient (Wildman–Crippen LogP) is 3.29. The Morgan fingerprint density at radius 2 is 2.00 bits per heavy atom. The summed E-state index contributed by atoms with van der Waals surface area (Å²) < 4.78 is 18.8. The van der Waals surface area contributed by atoms with Gasteiger partial charge in [0, 0.05) is 0 Å². The molecule has 2 aromatic rings. The molecule has 0 radical (unpaired) electrons. The molecule has 0 saturated carbocycles. The summed E-state index contributed by atoms with van der Waals surface area (Å²) in [5, 5.41) is 0. The lowest BCUT2D eigenvalue weighted by molar-refractivity contribution is 0.413. The van der Waals surface area contributed by atoms with Crippen LogP contribution >= 0.6 is 0 Å². The molecule has 3 rings (SSSR count). The van der Waals surface area contributed by atoms with Crippen molar-refractivity contribution in [2.45, 2.75) is 25.3 Å². The molecular weight excluding hydrogens is 253 g/mol. The van der Waals surface area contributed by atoms with Crippen LogP contribution in [0.3, 0.4) is 0 Å². The molecule has 0 aliphatic heterocycles. The van der Waals surface area contributed by atoms with Crippen molar-refractivity contribution in [2.24, 2.45) is 5.73 Å². The molecule has 2 N–H and O–H groups in total. The zero-order valence-electron chi connectivity index (χ0n) is 11.7. The minimum atomic E-state index is -0.553. The summed E-state index contributed by atoms with van der Waals surface area (Å²) in [6.45, 7) is 1.77. The third-order valence-electron chi connectivity index (χ3n) is 4.26. The third kappa shape index (κ3) is 1.90. The van der Waals surface area contributed by atoms with E-state index >= 15 is 0 Å². The Labute approximate surface area is 118 Å². The maximum Gasteiger partial charge on any atom is 0.126 e. The van der Waals surface area contributed by atoms with Crippen molar-refractivity contribution in [3.05, 3.63) is 64.5 Å². The standard InChI is InChI=1S/C17H18FNO/c1-11-9-13(4-6-16(11)18)17(19)8-7-12-3-5-14(20-2)10-15(12)17/h3-6,9-10H,7-8,19H2,1-2H3. The topological polar surface area (TPSA) is 35.2 Å².